The summed E-state index contributed by atoms with van der Waals surface area (Å²) in [6.07, 6.45) is -9.42. The van der Waals surface area contributed by atoms with Crippen molar-refractivity contribution in [1.82, 2.24) is 19.8 Å². The topological polar surface area (TPSA) is 52.3 Å². The molecule has 39 heavy (non-hydrogen) atoms. The normalized spacial score (nSPS) is 12.2. The predicted molar refractivity (Wildman–Crippen MR) is 132 cm³/mol. The molecule has 2 heterocycles. The number of halogens is 8. The molecule has 3 aromatic carbocycles. The maximum absolute atomic E-state index is 13.8. The van der Waals surface area contributed by atoms with Crippen molar-refractivity contribution in [3.63, 3.8) is 0 Å². The Morgan fingerprint density at radius 2 is 1.21 bits per heavy atom. The fraction of sp³-hybridized carbons (Fsp3) is 0.115. The summed E-state index contributed by atoms with van der Waals surface area (Å²) in [6.45, 7) is -0.291. The fourth-order valence-corrected chi connectivity index (χ4v) is 4.14. The molecule has 0 aliphatic heterocycles. The van der Waals surface area contributed by atoms with E-state index in [1.54, 1.807) is 48.5 Å². The molecule has 5 nitrogen and oxygen atoms in total. The average molecular weight is 583 g/mol. The Morgan fingerprint density at radius 1 is 0.667 bits per heavy atom. The Bertz CT molecular complexity index is 1630. The van der Waals surface area contributed by atoms with Crippen LogP contribution in [0, 0.1) is 0 Å². The van der Waals surface area contributed by atoms with E-state index in [4.69, 9.17) is 27.9 Å². The van der Waals surface area contributed by atoms with Gasteiger partial charge in [0.15, 0.2) is 5.65 Å². The summed E-state index contributed by atoms with van der Waals surface area (Å²) in [5, 5.41) is 12.0. The first-order valence-electron chi connectivity index (χ1n) is 11.1. The Hall–Kier alpha value is -3.83. The van der Waals surface area contributed by atoms with Gasteiger partial charge < -0.3 is 4.74 Å². The van der Waals surface area contributed by atoms with Crippen molar-refractivity contribution in [3.05, 3.63) is 99.8 Å². The van der Waals surface area contributed by atoms with Crippen LogP contribution in [0.5, 0.6) is 5.88 Å². The highest BCUT2D eigenvalue weighted by atomic mass is 35.5. The van der Waals surface area contributed by atoms with Crippen molar-refractivity contribution in [2.24, 2.45) is 0 Å². The SMILES string of the molecule is FC(F)(F)c1ccc(COc2nn3c(C(F)(F)F)nnc3c(-c3ccc(Cl)cc3)c2-c2ccc(Cl)cc2)cc1. The maximum atomic E-state index is 13.8. The van der Waals surface area contributed by atoms with Gasteiger partial charge in [-0.2, -0.15) is 30.9 Å². The minimum absolute atomic E-state index is 0.198. The van der Waals surface area contributed by atoms with Gasteiger partial charge in [-0.15, -0.1) is 15.3 Å². The van der Waals surface area contributed by atoms with E-state index in [0.29, 0.717) is 31.3 Å². The second-order valence-corrected chi connectivity index (χ2v) is 9.18. The van der Waals surface area contributed by atoms with Gasteiger partial charge in [0.05, 0.1) is 11.1 Å². The average Bonchev–Trinajstić information content (AvgIpc) is 3.32. The molecule has 2 aromatic heterocycles. The third-order valence-electron chi connectivity index (χ3n) is 5.70. The van der Waals surface area contributed by atoms with Crippen LogP contribution in [0.15, 0.2) is 72.8 Å². The molecule has 0 amide bonds. The van der Waals surface area contributed by atoms with Gasteiger partial charge in [-0.1, -0.05) is 59.6 Å². The summed E-state index contributed by atoms with van der Waals surface area (Å²) < 4.78 is 86.7. The van der Waals surface area contributed by atoms with E-state index in [1.807, 2.05) is 0 Å². The lowest BCUT2D eigenvalue weighted by atomic mass is 9.96. The highest BCUT2D eigenvalue weighted by Gasteiger charge is 2.39. The quantitative estimate of drug-likeness (QED) is 0.195. The van der Waals surface area contributed by atoms with E-state index in [0.717, 1.165) is 12.1 Å². The third-order valence-corrected chi connectivity index (χ3v) is 6.20. The molecule has 0 atom stereocenters. The number of alkyl halides is 6. The first kappa shape index (κ1) is 26.8. The highest BCUT2D eigenvalue weighted by Crippen LogP contribution is 2.42. The van der Waals surface area contributed by atoms with Gasteiger partial charge in [-0.3, -0.25) is 0 Å². The van der Waals surface area contributed by atoms with Crippen molar-refractivity contribution in [3.8, 4) is 28.1 Å². The van der Waals surface area contributed by atoms with Gasteiger partial charge in [0.25, 0.3) is 5.82 Å². The Kier molecular flexibility index (Phi) is 6.90. The zero-order valence-electron chi connectivity index (χ0n) is 19.4. The summed E-state index contributed by atoms with van der Waals surface area (Å²) in [5.74, 6) is -1.62. The molecular weight excluding hydrogens is 569 g/mol. The van der Waals surface area contributed by atoms with Crippen molar-refractivity contribution in [2.75, 3.05) is 0 Å². The summed E-state index contributed by atoms with van der Waals surface area (Å²) in [5.41, 5.74) is 0.702. The van der Waals surface area contributed by atoms with E-state index in [1.165, 1.54) is 12.1 Å². The molecule has 5 rings (SSSR count). The molecule has 0 aliphatic rings. The minimum atomic E-state index is -4.89. The molecule has 5 aromatic rings. The molecule has 0 radical (unpaired) electrons. The van der Waals surface area contributed by atoms with Gasteiger partial charge in [-0.25, -0.2) is 0 Å². The molecule has 0 spiro atoms. The standard InChI is InChI=1S/C26H14Cl2F6N4O/c27-18-9-3-15(4-10-18)20-21(16-5-11-19(28)12-6-16)23(37-38-22(20)35-36-24(38)26(32,33)34)39-13-14-1-7-17(8-2-14)25(29,30)31/h1-12H,13H2. The van der Waals surface area contributed by atoms with Crippen LogP contribution in [0.3, 0.4) is 0 Å². The molecule has 0 N–H and O–H groups in total. The summed E-state index contributed by atoms with van der Waals surface area (Å²) in [6, 6.07) is 16.9. The maximum Gasteiger partial charge on any atom is 0.453 e. The van der Waals surface area contributed by atoms with E-state index in [2.05, 4.69) is 15.3 Å². The van der Waals surface area contributed by atoms with Gasteiger partial charge in [0.2, 0.25) is 5.88 Å². The van der Waals surface area contributed by atoms with Crippen LogP contribution in [-0.4, -0.2) is 19.8 Å². The molecule has 0 bridgehead atoms. The van der Waals surface area contributed by atoms with Crippen LogP contribution in [0.4, 0.5) is 26.3 Å². The molecule has 0 aliphatic carbocycles. The zero-order valence-corrected chi connectivity index (χ0v) is 20.9. The molecule has 200 valence electrons. The zero-order chi connectivity index (χ0) is 27.9. The van der Waals surface area contributed by atoms with Gasteiger partial charge in [0.1, 0.15) is 6.61 Å². The van der Waals surface area contributed by atoms with Crippen molar-refractivity contribution >= 4 is 28.8 Å². The van der Waals surface area contributed by atoms with Crippen LogP contribution in [0.2, 0.25) is 10.0 Å². The first-order valence-corrected chi connectivity index (χ1v) is 11.8. The Morgan fingerprint density at radius 3 is 1.72 bits per heavy atom. The smallest absolute Gasteiger partial charge is 0.453 e. The van der Waals surface area contributed by atoms with E-state index in [9.17, 15) is 26.3 Å². The van der Waals surface area contributed by atoms with Crippen molar-refractivity contribution < 1.29 is 31.1 Å². The number of hydrogen-bond donors (Lipinski definition) is 0. The first-order chi connectivity index (χ1) is 18.4. The van der Waals surface area contributed by atoms with Crippen molar-refractivity contribution in [2.45, 2.75) is 19.0 Å². The largest absolute Gasteiger partial charge is 0.471 e. The van der Waals surface area contributed by atoms with Crippen LogP contribution < -0.4 is 4.74 Å². The molecule has 0 unspecified atom stereocenters. The van der Waals surface area contributed by atoms with Crippen LogP contribution in [-0.2, 0) is 19.0 Å². The number of fused-ring (bicyclic) bond motifs is 1. The van der Waals surface area contributed by atoms with Crippen LogP contribution >= 0.6 is 23.2 Å². The molecule has 0 saturated heterocycles. The van der Waals surface area contributed by atoms with Crippen molar-refractivity contribution in [1.29, 1.82) is 0 Å². The summed E-state index contributed by atoms with van der Waals surface area (Å²) >= 11 is 12.1. The fourth-order valence-electron chi connectivity index (χ4n) is 3.88. The van der Waals surface area contributed by atoms with Gasteiger partial charge in [-0.05, 0) is 53.1 Å². The highest BCUT2D eigenvalue weighted by molar-refractivity contribution is 6.31. The number of rotatable bonds is 5. The minimum Gasteiger partial charge on any atom is -0.471 e. The number of hydrogen-bond acceptors (Lipinski definition) is 4. The molecule has 0 saturated carbocycles. The third kappa shape index (κ3) is 5.50. The number of nitrogens with zero attached hydrogens (tertiary/aromatic N) is 4. The van der Waals surface area contributed by atoms with Gasteiger partial charge >= 0.3 is 12.4 Å². The molecule has 0 fully saturated rings. The monoisotopic (exact) mass is 582 g/mol. The van der Waals surface area contributed by atoms with E-state index in [-0.39, 0.29) is 29.3 Å². The lowest BCUT2D eigenvalue weighted by Gasteiger charge is -2.17. The van der Waals surface area contributed by atoms with E-state index < -0.39 is 23.7 Å². The number of aromatic nitrogens is 4. The lowest BCUT2D eigenvalue weighted by molar-refractivity contribution is -0.146. The molecule has 13 heteroatoms. The van der Waals surface area contributed by atoms with E-state index >= 15 is 0 Å². The Balaban J connectivity index is 1.72. The lowest BCUT2D eigenvalue weighted by Crippen LogP contribution is -2.14. The second kappa shape index (κ2) is 10.0. The predicted octanol–water partition coefficient (Wildman–Crippen LogP) is 8.38. The number of benzene rings is 3. The summed E-state index contributed by atoms with van der Waals surface area (Å²) in [7, 11) is 0. The summed E-state index contributed by atoms with van der Waals surface area (Å²) in [4.78, 5) is 0. The molecular formula is C26H14Cl2F6N4O. The number of ether oxygens (including phenoxy) is 1. The van der Waals surface area contributed by atoms with Gasteiger partial charge in [0, 0.05) is 15.6 Å². The second-order valence-electron chi connectivity index (χ2n) is 8.31. The Labute approximate surface area is 226 Å². The van der Waals surface area contributed by atoms with Crippen LogP contribution in [0.25, 0.3) is 27.9 Å². The van der Waals surface area contributed by atoms with Crippen LogP contribution in [0.1, 0.15) is 17.0 Å².